The molecule has 0 saturated carbocycles. The van der Waals surface area contributed by atoms with Gasteiger partial charge >= 0.3 is 0 Å². The summed E-state index contributed by atoms with van der Waals surface area (Å²) in [6, 6.07) is 22.6. The van der Waals surface area contributed by atoms with Crippen LogP contribution >= 0.6 is 0 Å². The number of benzene rings is 3. The Hall–Kier alpha value is -3.22. The molecule has 4 aromatic rings. The van der Waals surface area contributed by atoms with Gasteiger partial charge in [-0.1, -0.05) is 59.7 Å². The Kier molecular flexibility index (Phi) is 5.28. The van der Waals surface area contributed by atoms with E-state index in [9.17, 15) is 8.42 Å². The fourth-order valence-corrected chi connectivity index (χ4v) is 4.03. The Morgan fingerprint density at radius 1 is 0.867 bits per heavy atom. The Morgan fingerprint density at radius 3 is 2.10 bits per heavy atom. The minimum Gasteiger partial charge on any atom is -0.440 e. The van der Waals surface area contributed by atoms with Gasteiger partial charge in [0.2, 0.25) is 10.0 Å². The maximum Gasteiger partial charge on any atom is 0.238 e. The molecule has 4 rings (SSSR count). The van der Waals surface area contributed by atoms with Gasteiger partial charge in [-0.05, 0) is 43.7 Å². The highest BCUT2D eigenvalue weighted by atomic mass is 32.2. The predicted octanol–water partition coefficient (Wildman–Crippen LogP) is 4.86. The highest BCUT2D eigenvalue weighted by Crippen LogP contribution is 2.34. The standard InChI is InChI=1S/C24H22N2O3S/c1-16-12-17(2)14-20(13-16)24-23(19-8-10-21(11-9-19)30(25,27)28)26-22(29-24)15-18-6-4-3-5-7-18/h3-14H,15H2,1-2H3,(H2,25,27,28). The van der Waals surface area contributed by atoms with Gasteiger partial charge in [-0.15, -0.1) is 0 Å². The number of nitrogens with zero attached hydrogens (tertiary/aromatic N) is 1. The van der Waals surface area contributed by atoms with Gasteiger partial charge in [-0.25, -0.2) is 18.5 Å². The number of aryl methyl sites for hydroxylation is 2. The molecule has 0 aliphatic heterocycles. The molecule has 0 fully saturated rings. The molecule has 0 aliphatic carbocycles. The van der Waals surface area contributed by atoms with Crippen LogP contribution in [0.4, 0.5) is 0 Å². The molecule has 152 valence electrons. The molecule has 3 aromatic carbocycles. The Balaban J connectivity index is 1.83. The maximum absolute atomic E-state index is 11.6. The number of sulfonamides is 1. The normalized spacial score (nSPS) is 11.6. The van der Waals surface area contributed by atoms with E-state index in [1.54, 1.807) is 12.1 Å². The molecular formula is C24H22N2O3S. The molecule has 0 spiro atoms. The molecule has 5 nitrogen and oxygen atoms in total. The van der Waals surface area contributed by atoms with Crippen LogP contribution in [0.15, 0.2) is 82.1 Å². The summed E-state index contributed by atoms with van der Waals surface area (Å²) in [6.07, 6.45) is 0.563. The summed E-state index contributed by atoms with van der Waals surface area (Å²) < 4.78 is 29.4. The zero-order valence-electron chi connectivity index (χ0n) is 16.8. The van der Waals surface area contributed by atoms with Crippen LogP contribution in [0.5, 0.6) is 0 Å². The van der Waals surface area contributed by atoms with Crippen molar-refractivity contribution in [1.29, 1.82) is 0 Å². The van der Waals surface area contributed by atoms with Crippen molar-refractivity contribution in [3.63, 3.8) is 0 Å². The first-order valence-corrected chi connectivity index (χ1v) is 11.1. The average molecular weight is 419 g/mol. The van der Waals surface area contributed by atoms with Crippen LogP contribution in [0.25, 0.3) is 22.6 Å². The largest absolute Gasteiger partial charge is 0.440 e. The van der Waals surface area contributed by atoms with Gasteiger partial charge in [-0.3, -0.25) is 0 Å². The minimum atomic E-state index is -3.75. The van der Waals surface area contributed by atoms with E-state index in [1.165, 1.54) is 12.1 Å². The third-order valence-corrected chi connectivity index (χ3v) is 5.74. The summed E-state index contributed by atoms with van der Waals surface area (Å²) in [4.78, 5) is 4.82. The first-order chi connectivity index (χ1) is 14.3. The second kappa shape index (κ2) is 7.89. The second-order valence-electron chi connectivity index (χ2n) is 7.39. The van der Waals surface area contributed by atoms with Gasteiger partial charge in [0.05, 0.1) is 4.90 Å². The molecule has 0 radical (unpaired) electrons. The van der Waals surface area contributed by atoms with E-state index < -0.39 is 10.0 Å². The molecular weight excluding hydrogens is 396 g/mol. The lowest BCUT2D eigenvalue weighted by Crippen LogP contribution is -2.11. The second-order valence-corrected chi connectivity index (χ2v) is 8.95. The first kappa shape index (κ1) is 20.1. The lowest BCUT2D eigenvalue weighted by Gasteiger charge is -2.05. The highest BCUT2D eigenvalue weighted by molar-refractivity contribution is 7.89. The van der Waals surface area contributed by atoms with E-state index in [0.717, 1.165) is 27.8 Å². The van der Waals surface area contributed by atoms with E-state index in [-0.39, 0.29) is 4.90 Å². The zero-order chi connectivity index (χ0) is 21.3. The van der Waals surface area contributed by atoms with Crippen molar-refractivity contribution >= 4 is 10.0 Å². The van der Waals surface area contributed by atoms with Crippen molar-refractivity contribution in [3.8, 4) is 22.6 Å². The summed E-state index contributed by atoms with van der Waals surface area (Å²) in [5, 5.41) is 5.23. The topological polar surface area (TPSA) is 86.2 Å². The molecule has 2 N–H and O–H groups in total. The van der Waals surface area contributed by atoms with Gasteiger partial charge in [-0.2, -0.15) is 0 Å². The van der Waals surface area contributed by atoms with Crippen molar-refractivity contribution in [1.82, 2.24) is 4.98 Å². The summed E-state index contributed by atoms with van der Waals surface area (Å²) in [5.74, 6) is 1.26. The van der Waals surface area contributed by atoms with Crippen molar-refractivity contribution in [3.05, 3.63) is 95.4 Å². The van der Waals surface area contributed by atoms with Crippen molar-refractivity contribution < 1.29 is 12.8 Å². The van der Waals surface area contributed by atoms with E-state index in [4.69, 9.17) is 14.5 Å². The van der Waals surface area contributed by atoms with Crippen LogP contribution in [-0.4, -0.2) is 13.4 Å². The van der Waals surface area contributed by atoms with Crippen molar-refractivity contribution in [2.45, 2.75) is 25.2 Å². The number of oxazole rings is 1. The molecule has 0 aliphatic rings. The molecule has 0 saturated heterocycles. The zero-order valence-corrected chi connectivity index (χ0v) is 17.6. The maximum atomic E-state index is 11.6. The third-order valence-electron chi connectivity index (χ3n) is 4.81. The van der Waals surface area contributed by atoms with Crippen LogP contribution in [0.1, 0.15) is 22.6 Å². The van der Waals surface area contributed by atoms with Crippen LogP contribution in [0.2, 0.25) is 0 Å². The number of hydrogen-bond acceptors (Lipinski definition) is 4. The molecule has 30 heavy (non-hydrogen) atoms. The monoisotopic (exact) mass is 418 g/mol. The summed E-state index contributed by atoms with van der Waals surface area (Å²) in [7, 11) is -3.75. The SMILES string of the molecule is Cc1cc(C)cc(-c2oc(Cc3ccccc3)nc2-c2ccc(S(N)(=O)=O)cc2)c1. The first-order valence-electron chi connectivity index (χ1n) is 9.55. The number of nitrogens with two attached hydrogens (primary N) is 1. The third kappa shape index (κ3) is 4.35. The van der Waals surface area contributed by atoms with Gasteiger partial charge < -0.3 is 4.42 Å². The van der Waals surface area contributed by atoms with E-state index in [1.807, 2.05) is 44.2 Å². The Bertz CT molecular complexity index is 1270. The van der Waals surface area contributed by atoms with Crippen molar-refractivity contribution in [2.24, 2.45) is 5.14 Å². The highest BCUT2D eigenvalue weighted by Gasteiger charge is 2.18. The van der Waals surface area contributed by atoms with Gasteiger partial charge in [0.1, 0.15) is 5.69 Å². The average Bonchev–Trinajstić information content (AvgIpc) is 3.11. The van der Waals surface area contributed by atoms with E-state index >= 15 is 0 Å². The molecule has 0 atom stereocenters. The number of aromatic nitrogens is 1. The number of primary sulfonamides is 1. The summed E-state index contributed by atoms with van der Waals surface area (Å²) in [5.41, 5.74) is 5.72. The van der Waals surface area contributed by atoms with Crippen LogP contribution < -0.4 is 5.14 Å². The molecule has 0 unspecified atom stereocenters. The molecule has 0 amide bonds. The number of rotatable bonds is 5. The predicted molar refractivity (Wildman–Crippen MR) is 117 cm³/mol. The fraction of sp³-hybridized carbons (Fsp3) is 0.125. The molecule has 0 bridgehead atoms. The smallest absolute Gasteiger partial charge is 0.238 e. The molecule has 1 heterocycles. The van der Waals surface area contributed by atoms with E-state index in [2.05, 4.69) is 18.2 Å². The van der Waals surface area contributed by atoms with Gasteiger partial charge in [0.15, 0.2) is 11.7 Å². The lowest BCUT2D eigenvalue weighted by molar-refractivity contribution is 0.519. The lowest BCUT2D eigenvalue weighted by atomic mass is 10.0. The minimum absolute atomic E-state index is 0.0622. The van der Waals surface area contributed by atoms with Gasteiger partial charge in [0.25, 0.3) is 0 Å². The number of hydrogen-bond donors (Lipinski definition) is 1. The Labute approximate surface area is 176 Å². The van der Waals surface area contributed by atoms with Gasteiger partial charge in [0, 0.05) is 17.5 Å². The van der Waals surface area contributed by atoms with Crippen molar-refractivity contribution in [2.75, 3.05) is 0 Å². The van der Waals surface area contributed by atoms with Crippen LogP contribution in [0.3, 0.4) is 0 Å². The Morgan fingerprint density at radius 2 is 1.50 bits per heavy atom. The summed E-state index contributed by atoms with van der Waals surface area (Å²) in [6.45, 7) is 4.08. The summed E-state index contributed by atoms with van der Waals surface area (Å²) >= 11 is 0. The quantitative estimate of drug-likeness (QED) is 0.501. The molecule has 6 heteroatoms. The fourth-order valence-electron chi connectivity index (χ4n) is 3.51. The van der Waals surface area contributed by atoms with Crippen LogP contribution in [-0.2, 0) is 16.4 Å². The van der Waals surface area contributed by atoms with E-state index in [0.29, 0.717) is 23.8 Å². The molecule has 1 aromatic heterocycles. The van der Waals surface area contributed by atoms with Crippen LogP contribution in [0, 0.1) is 13.8 Å².